The van der Waals surface area contributed by atoms with Crippen LogP contribution in [0.2, 0.25) is 0 Å². The van der Waals surface area contributed by atoms with E-state index in [1.165, 1.54) is 5.57 Å². The van der Waals surface area contributed by atoms with Gasteiger partial charge < -0.3 is 4.42 Å². The van der Waals surface area contributed by atoms with Gasteiger partial charge in [-0.2, -0.15) is 4.98 Å². The van der Waals surface area contributed by atoms with Crippen LogP contribution in [0.15, 0.2) is 53.0 Å². The fourth-order valence-electron chi connectivity index (χ4n) is 1.78. The Hall–Kier alpha value is -2.03. The summed E-state index contributed by atoms with van der Waals surface area (Å²) in [7, 11) is 0. The smallest absolute Gasteiger partial charge is 0.306 e. The summed E-state index contributed by atoms with van der Waals surface area (Å²) in [5.41, 5.74) is 2.27. The number of hydrogen-bond donors (Lipinski definition) is 0. The Morgan fingerprint density at radius 3 is 3.19 bits per heavy atom. The molecule has 0 fully saturated rings. The largest absolute Gasteiger partial charge is 0.432 e. The molecule has 0 atom stereocenters. The Kier molecular flexibility index (Phi) is 2.22. The Morgan fingerprint density at radius 2 is 2.38 bits per heavy atom. The topological polar surface area (TPSA) is 30.4 Å². The molecule has 0 unspecified atom stereocenters. The SMILES string of the molecule is C1=CCCC(/C=C/c2cn3ccoc3n2)=C1. The van der Waals surface area contributed by atoms with E-state index in [2.05, 4.69) is 29.3 Å². The van der Waals surface area contributed by atoms with Crippen molar-refractivity contribution in [2.24, 2.45) is 0 Å². The van der Waals surface area contributed by atoms with Crippen molar-refractivity contribution in [1.82, 2.24) is 9.38 Å². The number of rotatable bonds is 2. The number of nitrogens with zero attached hydrogens (tertiary/aromatic N) is 2. The standard InChI is InChI=1S/C13H12N2O/c1-2-4-11(5-3-1)6-7-12-10-15-8-9-16-13(15)14-12/h1-2,4,6-10H,3,5H2/b7-6+. The van der Waals surface area contributed by atoms with Crippen molar-refractivity contribution < 1.29 is 4.42 Å². The highest BCUT2D eigenvalue weighted by atomic mass is 16.3. The summed E-state index contributed by atoms with van der Waals surface area (Å²) < 4.78 is 7.05. The molecule has 3 rings (SSSR count). The minimum atomic E-state index is 0.636. The summed E-state index contributed by atoms with van der Waals surface area (Å²) in [4.78, 5) is 4.32. The number of fused-ring (bicyclic) bond motifs is 1. The van der Waals surface area contributed by atoms with Crippen molar-refractivity contribution in [3.05, 3.63) is 54.2 Å². The van der Waals surface area contributed by atoms with Gasteiger partial charge >= 0.3 is 5.84 Å². The first-order valence-electron chi connectivity index (χ1n) is 5.38. The predicted molar refractivity (Wildman–Crippen MR) is 62.9 cm³/mol. The highest BCUT2D eigenvalue weighted by Gasteiger charge is 2.00. The molecular weight excluding hydrogens is 200 g/mol. The molecule has 0 amide bonds. The molecule has 2 heterocycles. The second-order valence-corrected chi connectivity index (χ2v) is 3.80. The van der Waals surface area contributed by atoms with E-state index in [1.54, 1.807) is 6.26 Å². The molecule has 0 spiro atoms. The molecule has 80 valence electrons. The first-order valence-corrected chi connectivity index (χ1v) is 5.38. The van der Waals surface area contributed by atoms with Crippen molar-refractivity contribution in [3.63, 3.8) is 0 Å². The summed E-state index contributed by atoms with van der Waals surface area (Å²) >= 11 is 0. The van der Waals surface area contributed by atoms with Gasteiger partial charge in [0.2, 0.25) is 0 Å². The van der Waals surface area contributed by atoms with E-state index in [1.807, 2.05) is 22.9 Å². The van der Waals surface area contributed by atoms with Crippen LogP contribution in [0.1, 0.15) is 18.5 Å². The van der Waals surface area contributed by atoms with Gasteiger partial charge in [-0.3, -0.25) is 4.40 Å². The fourth-order valence-corrected chi connectivity index (χ4v) is 1.78. The molecule has 0 bridgehead atoms. The lowest BCUT2D eigenvalue weighted by Crippen LogP contribution is -1.82. The maximum absolute atomic E-state index is 5.18. The van der Waals surface area contributed by atoms with E-state index < -0.39 is 0 Å². The zero-order chi connectivity index (χ0) is 10.8. The molecule has 0 radical (unpaired) electrons. The molecule has 0 aromatic carbocycles. The molecule has 16 heavy (non-hydrogen) atoms. The van der Waals surface area contributed by atoms with Gasteiger partial charge in [0, 0.05) is 12.4 Å². The lowest BCUT2D eigenvalue weighted by atomic mass is 10.0. The molecule has 3 nitrogen and oxygen atoms in total. The molecule has 2 aromatic rings. The van der Waals surface area contributed by atoms with Gasteiger partial charge in [-0.25, -0.2) is 0 Å². The van der Waals surface area contributed by atoms with Gasteiger partial charge in [0.15, 0.2) is 0 Å². The van der Waals surface area contributed by atoms with Crippen LogP contribution in [-0.2, 0) is 0 Å². The molecular formula is C13H12N2O. The number of hydrogen-bond acceptors (Lipinski definition) is 2. The van der Waals surface area contributed by atoms with Crippen LogP contribution in [0.3, 0.4) is 0 Å². The third-order valence-electron chi connectivity index (χ3n) is 2.63. The van der Waals surface area contributed by atoms with Crippen LogP contribution < -0.4 is 0 Å². The minimum Gasteiger partial charge on any atom is -0.432 e. The number of aromatic nitrogens is 2. The Morgan fingerprint density at radius 1 is 1.38 bits per heavy atom. The summed E-state index contributed by atoms with van der Waals surface area (Å²) in [6.07, 6.45) is 18.2. The third kappa shape index (κ3) is 1.72. The molecule has 1 aliphatic rings. The molecule has 0 N–H and O–H groups in total. The van der Waals surface area contributed by atoms with Gasteiger partial charge in [-0.05, 0) is 24.5 Å². The summed E-state index contributed by atoms with van der Waals surface area (Å²) in [5, 5.41) is 0. The van der Waals surface area contributed by atoms with E-state index in [9.17, 15) is 0 Å². The zero-order valence-electron chi connectivity index (χ0n) is 8.84. The van der Waals surface area contributed by atoms with Crippen molar-refractivity contribution in [2.45, 2.75) is 12.8 Å². The Bertz CT molecular complexity index is 555. The highest BCUT2D eigenvalue weighted by Crippen LogP contribution is 2.15. The molecule has 1 aliphatic carbocycles. The van der Waals surface area contributed by atoms with Gasteiger partial charge in [-0.1, -0.05) is 24.3 Å². The lowest BCUT2D eigenvalue weighted by molar-refractivity contribution is 0.595. The van der Waals surface area contributed by atoms with Crippen LogP contribution in [0.4, 0.5) is 0 Å². The quantitative estimate of drug-likeness (QED) is 0.765. The van der Waals surface area contributed by atoms with E-state index in [0.717, 1.165) is 18.5 Å². The van der Waals surface area contributed by atoms with Crippen molar-refractivity contribution >= 4 is 11.9 Å². The predicted octanol–water partition coefficient (Wildman–Crippen LogP) is 3.22. The first kappa shape index (κ1) is 9.21. The van der Waals surface area contributed by atoms with Crippen molar-refractivity contribution in [3.8, 4) is 0 Å². The van der Waals surface area contributed by atoms with Crippen LogP contribution in [0, 0.1) is 0 Å². The molecule has 3 heteroatoms. The molecule has 2 aromatic heterocycles. The zero-order valence-corrected chi connectivity index (χ0v) is 8.84. The minimum absolute atomic E-state index is 0.636. The molecule has 0 saturated carbocycles. The van der Waals surface area contributed by atoms with Crippen LogP contribution in [-0.4, -0.2) is 9.38 Å². The van der Waals surface area contributed by atoms with Gasteiger partial charge in [-0.15, -0.1) is 0 Å². The average Bonchev–Trinajstić information content (AvgIpc) is 2.88. The van der Waals surface area contributed by atoms with Crippen LogP contribution in [0.5, 0.6) is 0 Å². The maximum atomic E-state index is 5.18. The van der Waals surface area contributed by atoms with E-state index in [-0.39, 0.29) is 0 Å². The Labute approximate surface area is 93.4 Å². The number of oxazole rings is 1. The third-order valence-corrected chi connectivity index (χ3v) is 2.63. The maximum Gasteiger partial charge on any atom is 0.306 e. The van der Waals surface area contributed by atoms with E-state index in [4.69, 9.17) is 4.42 Å². The second kappa shape index (κ2) is 3.85. The lowest BCUT2D eigenvalue weighted by Gasteiger charge is -2.01. The fraction of sp³-hybridized carbons (Fsp3) is 0.154. The summed E-state index contributed by atoms with van der Waals surface area (Å²) in [6.45, 7) is 0. The summed E-state index contributed by atoms with van der Waals surface area (Å²) in [6, 6.07) is 0. The molecule has 0 saturated heterocycles. The summed E-state index contributed by atoms with van der Waals surface area (Å²) in [5.74, 6) is 0.636. The number of imidazole rings is 1. The molecule has 0 aliphatic heterocycles. The van der Waals surface area contributed by atoms with Crippen molar-refractivity contribution in [1.29, 1.82) is 0 Å². The Balaban J connectivity index is 1.83. The highest BCUT2D eigenvalue weighted by molar-refractivity contribution is 5.52. The first-order chi connectivity index (χ1) is 7.92. The second-order valence-electron chi connectivity index (χ2n) is 3.80. The monoisotopic (exact) mass is 212 g/mol. The van der Waals surface area contributed by atoms with Gasteiger partial charge in [0.05, 0.1) is 5.69 Å². The van der Waals surface area contributed by atoms with Crippen LogP contribution in [0.25, 0.3) is 11.9 Å². The van der Waals surface area contributed by atoms with E-state index in [0.29, 0.717) is 5.84 Å². The number of allylic oxidation sites excluding steroid dienone is 5. The van der Waals surface area contributed by atoms with E-state index >= 15 is 0 Å². The average molecular weight is 212 g/mol. The van der Waals surface area contributed by atoms with Gasteiger partial charge in [0.25, 0.3) is 0 Å². The van der Waals surface area contributed by atoms with Crippen LogP contribution >= 0.6 is 0 Å². The van der Waals surface area contributed by atoms with Crippen molar-refractivity contribution in [2.75, 3.05) is 0 Å². The normalized spacial score (nSPS) is 16.1. The van der Waals surface area contributed by atoms with Gasteiger partial charge in [0.1, 0.15) is 6.26 Å².